The van der Waals surface area contributed by atoms with Crippen LogP contribution < -0.4 is 10.6 Å². The van der Waals surface area contributed by atoms with Gasteiger partial charge < -0.3 is 10.6 Å². The molecule has 0 fully saturated rings. The number of anilines is 2. The van der Waals surface area contributed by atoms with Crippen molar-refractivity contribution in [1.82, 2.24) is 15.3 Å². The fourth-order valence-electron chi connectivity index (χ4n) is 1.75. The third-order valence-corrected chi connectivity index (χ3v) is 3.89. The summed E-state index contributed by atoms with van der Waals surface area (Å²) in [6.45, 7) is 3.99. The molecule has 22 heavy (non-hydrogen) atoms. The number of hydrogen-bond acceptors (Lipinski definition) is 4. The van der Waals surface area contributed by atoms with E-state index >= 15 is 0 Å². The lowest BCUT2D eigenvalue weighted by Gasteiger charge is -2.15. The number of hydrogen-bond donors (Lipinski definition) is 2. The van der Waals surface area contributed by atoms with E-state index in [-0.39, 0.29) is 17.2 Å². The van der Waals surface area contributed by atoms with Crippen LogP contribution in [0.4, 0.5) is 11.5 Å². The molecule has 2 aromatic rings. The predicted molar refractivity (Wildman–Crippen MR) is 91.7 cm³/mol. The molecule has 1 aromatic carbocycles. The van der Waals surface area contributed by atoms with Crippen LogP contribution >= 0.6 is 27.5 Å². The second-order valence-electron chi connectivity index (χ2n) is 4.79. The maximum Gasteiger partial charge on any atom is 0.253 e. The van der Waals surface area contributed by atoms with E-state index in [0.717, 1.165) is 6.42 Å². The summed E-state index contributed by atoms with van der Waals surface area (Å²) in [5.41, 5.74) is 1.20. The monoisotopic (exact) mass is 382 g/mol. The van der Waals surface area contributed by atoms with Gasteiger partial charge in [-0.05, 0) is 53.0 Å². The number of carbonyl (C=O) groups excluding carboxylic acids is 1. The minimum Gasteiger partial charge on any atom is -0.350 e. The van der Waals surface area contributed by atoms with E-state index in [0.29, 0.717) is 21.5 Å². The predicted octanol–water partition coefficient (Wildman–Crippen LogP) is 4.16. The Morgan fingerprint density at radius 1 is 1.41 bits per heavy atom. The highest BCUT2D eigenvalue weighted by molar-refractivity contribution is 9.10. The lowest BCUT2D eigenvalue weighted by Crippen LogP contribution is -2.32. The maximum atomic E-state index is 12.4. The first-order valence-corrected chi connectivity index (χ1v) is 8.03. The van der Waals surface area contributed by atoms with E-state index in [1.807, 2.05) is 32.0 Å². The standard InChI is InChI=1S/C15H16BrClN4O/c1-3-9(2)19-14(22)10-6-4-5-7-12(10)20-13-11(16)8-18-15(17)21-13/h4-9H,3H2,1-2H3,(H,19,22)(H,18,20,21). The van der Waals surface area contributed by atoms with Crippen LogP contribution in [0.1, 0.15) is 30.6 Å². The summed E-state index contributed by atoms with van der Waals surface area (Å²) in [7, 11) is 0. The molecule has 7 heteroatoms. The van der Waals surface area contributed by atoms with Gasteiger partial charge in [-0.25, -0.2) is 4.98 Å². The van der Waals surface area contributed by atoms with Crippen LogP contribution in [0.2, 0.25) is 5.28 Å². The molecule has 1 unspecified atom stereocenters. The van der Waals surface area contributed by atoms with Crippen molar-refractivity contribution >= 4 is 44.9 Å². The van der Waals surface area contributed by atoms with E-state index in [1.165, 1.54) is 0 Å². The number of nitrogens with one attached hydrogen (secondary N) is 2. The Bertz CT molecular complexity index is 680. The molecule has 116 valence electrons. The minimum absolute atomic E-state index is 0.112. The van der Waals surface area contributed by atoms with Gasteiger partial charge in [-0.2, -0.15) is 4.98 Å². The Morgan fingerprint density at radius 3 is 2.86 bits per heavy atom. The third kappa shape index (κ3) is 4.18. The van der Waals surface area contributed by atoms with Crippen LogP contribution in [0.3, 0.4) is 0 Å². The number of halogens is 2. The van der Waals surface area contributed by atoms with Crippen LogP contribution in [0.25, 0.3) is 0 Å². The van der Waals surface area contributed by atoms with Crippen molar-refractivity contribution in [3.63, 3.8) is 0 Å². The second-order valence-corrected chi connectivity index (χ2v) is 5.98. The SMILES string of the molecule is CCC(C)NC(=O)c1ccccc1Nc1nc(Cl)ncc1Br. The largest absolute Gasteiger partial charge is 0.350 e. The Balaban J connectivity index is 2.28. The summed E-state index contributed by atoms with van der Waals surface area (Å²) in [5, 5.41) is 6.19. The third-order valence-electron chi connectivity index (χ3n) is 3.13. The van der Waals surface area contributed by atoms with Gasteiger partial charge in [0.05, 0.1) is 15.7 Å². The lowest BCUT2D eigenvalue weighted by molar-refractivity contribution is 0.0940. The molecule has 1 amide bonds. The number of amides is 1. The van der Waals surface area contributed by atoms with Crippen molar-refractivity contribution in [3.8, 4) is 0 Å². The normalized spacial score (nSPS) is 11.8. The molecule has 0 aliphatic rings. The summed E-state index contributed by atoms with van der Waals surface area (Å²) in [6, 6.07) is 7.35. The van der Waals surface area contributed by atoms with Crippen LogP contribution in [0.5, 0.6) is 0 Å². The Hall–Kier alpha value is -1.66. The first-order valence-electron chi connectivity index (χ1n) is 6.86. The Morgan fingerprint density at radius 2 is 2.14 bits per heavy atom. The molecule has 0 aliphatic heterocycles. The van der Waals surface area contributed by atoms with Crippen LogP contribution in [-0.4, -0.2) is 21.9 Å². The van der Waals surface area contributed by atoms with Crippen molar-refractivity contribution in [2.75, 3.05) is 5.32 Å². The van der Waals surface area contributed by atoms with Gasteiger partial charge in [0.15, 0.2) is 0 Å². The van der Waals surface area contributed by atoms with E-state index in [2.05, 4.69) is 36.5 Å². The molecule has 0 spiro atoms. The zero-order valence-corrected chi connectivity index (χ0v) is 14.6. The van der Waals surface area contributed by atoms with Crippen molar-refractivity contribution < 1.29 is 4.79 Å². The highest BCUT2D eigenvalue weighted by Gasteiger charge is 2.14. The van der Waals surface area contributed by atoms with Gasteiger partial charge in [0.25, 0.3) is 5.91 Å². The van der Waals surface area contributed by atoms with Crippen molar-refractivity contribution in [3.05, 3.63) is 45.8 Å². The molecule has 0 saturated carbocycles. The summed E-state index contributed by atoms with van der Waals surface area (Å²) in [4.78, 5) is 20.3. The van der Waals surface area contributed by atoms with E-state index in [9.17, 15) is 4.79 Å². The fourth-order valence-corrected chi connectivity index (χ4v) is 2.18. The lowest BCUT2D eigenvalue weighted by atomic mass is 10.1. The molecule has 1 atom stereocenters. The van der Waals surface area contributed by atoms with E-state index < -0.39 is 0 Å². The van der Waals surface area contributed by atoms with E-state index in [4.69, 9.17) is 11.6 Å². The second kappa shape index (κ2) is 7.56. The minimum atomic E-state index is -0.131. The molecule has 1 aromatic heterocycles. The quantitative estimate of drug-likeness (QED) is 0.761. The molecule has 0 saturated heterocycles. The fraction of sp³-hybridized carbons (Fsp3) is 0.267. The molecule has 5 nitrogen and oxygen atoms in total. The molecule has 1 heterocycles. The zero-order valence-electron chi connectivity index (χ0n) is 12.2. The maximum absolute atomic E-state index is 12.4. The Kier molecular flexibility index (Phi) is 5.74. The van der Waals surface area contributed by atoms with Crippen LogP contribution in [-0.2, 0) is 0 Å². The highest BCUT2D eigenvalue weighted by atomic mass is 79.9. The average Bonchev–Trinajstić information content (AvgIpc) is 2.51. The summed E-state index contributed by atoms with van der Waals surface area (Å²) in [5.74, 6) is 0.373. The molecule has 0 bridgehead atoms. The molecular formula is C15H16BrClN4O. The number of nitrogens with zero attached hydrogens (tertiary/aromatic N) is 2. The first kappa shape index (κ1) is 16.7. The number of para-hydroxylation sites is 1. The van der Waals surface area contributed by atoms with Crippen molar-refractivity contribution in [2.24, 2.45) is 0 Å². The van der Waals surface area contributed by atoms with Gasteiger partial charge in [0, 0.05) is 12.2 Å². The molecule has 2 rings (SSSR count). The smallest absolute Gasteiger partial charge is 0.253 e. The number of rotatable bonds is 5. The van der Waals surface area contributed by atoms with Gasteiger partial charge in [0.1, 0.15) is 5.82 Å². The van der Waals surface area contributed by atoms with Gasteiger partial charge in [-0.3, -0.25) is 4.79 Å². The number of carbonyl (C=O) groups is 1. The topological polar surface area (TPSA) is 66.9 Å². The van der Waals surface area contributed by atoms with Crippen LogP contribution in [0, 0.1) is 0 Å². The van der Waals surface area contributed by atoms with Gasteiger partial charge >= 0.3 is 0 Å². The van der Waals surface area contributed by atoms with Gasteiger partial charge in [-0.1, -0.05) is 19.1 Å². The van der Waals surface area contributed by atoms with E-state index in [1.54, 1.807) is 12.3 Å². The summed E-state index contributed by atoms with van der Waals surface area (Å²) < 4.78 is 0.661. The Labute approximate surface area is 142 Å². The number of aromatic nitrogens is 2. The summed E-state index contributed by atoms with van der Waals surface area (Å²) >= 11 is 9.17. The number of benzene rings is 1. The zero-order chi connectivity index (χ0) is 16.1. The molecule has 0 aliphatic carbocycles. The van der Waals surface area contributed by atoms with Crippen LogP contribution in [0.15, 0.2) is 34.9 Å². The molecule has 2 N–H and O–H groups in total. The average molecular weight is 384 g/mol. The summed E-state index contributed by atoms with van der Waals surface area (Å²) in [6.07, 6.45) is 2.42. The van der Waals surface area contributed by atoms with Crippen molar-refractivity contribution in [2.45, 2.75) is 26.3 Å². The molecular weight excluding hydrogens is 368 g/mol. The van der Waals surface area contributed by atoms with Gasteiger partial charge in [0.2, 0.25) is 5.28 Å². The van der Waals surface area contributed by atoms with Crippen molar-refractivity contribution in [1.29, 1.82) is 0 Å². The highest BCUT2D eigenvalue weighted by Crippen LogP contribution is 2.26. The molecule has 0 radical (unpaired) electrons. The van der Waals surface area contributed by atoms with Gasteiger partial charge in [-0.15, -0.1) is 0 Å². The first-order chi connectivity index (χ1) is 10.5.